The van der Waals surface area contributed by atoms with Gasteiger partial charge >= 0.3 is 0 Å². The summed E-state index contributed by atoms with van der Waals surface area (Å²) in [6.45, 7) is 8.64. The predicted molar refractivity (Wildman–Crippen MR) is 125 cm³/mol. The third kappa shape index (κ3) is 6.39. The van der Waals surface area contributed by atoms with Crippen molar-refractivity contribution in [3.05, 3.63) is 41.2 Å². The zero-order valence-corrected chi connectivity index (χ0v) is 19.6. The Morgan fingerprint density at radius 3 is 2.68 bits per heavy atom. The zero-order valence-electron chi connectivity index (χ0n) is 19.6. The molecule has 1 heterocycles. The first-order valence-corrected chi connectivity index (χ1v) is 11.3. The standard InChI is InChI=1S/C24H37N5O2/c1-17(16-29-19(3)13-18(2)28-29)14-26-24(25-4)27-15-20-9-8-12-22(30-5)23(20)31-21-10-6-7-11-21/h8-9,12-13,17,21H,6-7,10-11,14-16H2,1-5H3,(H2,25,26,27). The van der Waals surface area contributed by atoms with E-state index < -0.39 is 0 Å². The van der Waals surface area contributed by atoms with Crippen molar-refractivity contribution in [1.82, 2.24) is 20.4 Å². The second-order valence-corrected chi connectivity index (χ2v) is 8.49. The van der Waals surface area contributed by atoms with E-state index >= 15 is 0 Å². The Bertz CT molecular complexity index is 871. The van der Waals surface area contributed by atoms with E-state index in [1.807, 2.05) is 19.1 Å². The minimum absolute atomic E-state index is 0.280. The highest BCUT2D eigenvalue weighted by atomic mass is 16.5. The van der Waals surface area contributed by atoms with Crippen molar-refractivity contribution in [2.24, 2.45) is 10.9 Å². The number of para-hydroxylation sites is 1. The quantitative estimate of drug-likeness (QED) is 0.470. The molecule has 1 aromatic carbocycles. The van der Waals surface area contributed by atoms with Gasteiger partial charge in [-0.1, -0.05) is 19.1 Å². The number of hydrogen-bond donors (Lipinski definition) is 2. The number of aliphatic imine (C=N–C) groups is 1. The fourth-order valence-corrected chi connectivity index (χ4v) is 4.06. The summed E-state index contributed by atoms with van der Waals surface area (Å²) in [7, 11) is 3.49. The molecule has 1 aliphatic rings. The molecule has 2 N–H and O–H groups in total. The molecule has 1 saturated carbocycles. The number of rotatable bonds is 9. The number of aryl methyl sites for hydroxylation is 2. The van der Waals surface area contributed by atoms with E-state index in [0.29, 0.717) is 12.5 Å². The van der Waals surface area contributed by atoms with Gasteiger partial charge in [-0.15, -0.1) is 0 Å². The van der Waals surface area contributed by atoms with E-state index in [9.17, 15) is 0 Å². The molecule has 1 aliphatic carbocycles. The number of methoxy groups -OCH3 is 1. The summed E-state index contributed by atoms with van der Waals surface area (Å²) < 4.78 is 14.0. The van der Waals surface area contributed by atoms with E-state index in [0.717, 1.165) is 54.6 Å². The van der Waals surface area contributed by atoms with E-state index in [4.69, 9.17) is 9.47 Å². The van der Waals surface area contributed by atoms with Gasteiger partial charge in [-0.3, -0.25) is 9.67 Å². The molecule has 3 rings (SSSR count). The number of hydrogen-bond acceptors (Lipinski definition) is 4. The van der Waals surface area contributed by atoms with Crippen LogP contribution in [0.1, 0.15) is 49.6 Å². The third-order valence-corrected chi connectivity index (χ3v) is 5.74. The van der Waals surface area contributed by atoms with Crippen LogP contribution in [-0.2, 0) is 13.1 Å². The van der Waals surface area contributed by atoms with Crippen LogP contribution in [0.4, 0.5) is 0 Å². The molecule has 1 aromatic heterocycles. The van der Waals surface area contributed by atoms with Crippen molar-refractivity contribution >= 4 is 5.96 Å². The maximum absolute atomic E-state index is 6.34. The van der Waals surface area contributed by atoms with Gasteiger partial charge in [0.2, 0.25) is 0 Å². The number of guanidine groups is 1. The molecule has 0 aliphatic heterocycles. The number of benzene rings is 1. The summed E-state index contributed by atoms with van der Waals surface area (Å²) in [4.78, 5) is 4.38. The van der Waals surface area contributed by atoms with Gasteiger partial charge in [0, 0.05) is 37.9 Å². The number of nitrogens with one attached hydrogen (secondary N) is 2. The molecule has 0 radical (unpaired) electrons. The first-order chi connectivity index (χ1) is 15.0. The number of aromatic nitrogens is 2. The molecule has 0 bridgehead atoms. The monoisotopic (exact) mass is 427 g/mol. The SMILES string of the molecule is CN=C(NCc1cccc(OC)c1OC1CCCC1)NCC(C)Cn1nc(C)cc1C. The van der Waals surface area contributed by atoms with E-state index in [1.54, 1.807) is 14.2 Å². The summed E-state index contributed by atoms with van der Waals surface area (Å²) in [6.07, 6.45) is 4.98. The lowest BCUT2D eigenvalue weighted by Crippen LogP contribution is -2.39. The van der Waals surface area contributed by atoms with Crippen LogP contribution in [0.3, 0.4) is 0 Å². The van der Waals surface area contributed by atoms with Gasteiger partial charge < -0.3 is 20.1 Å². The van der Waals surface area contributed by atoms with Gasteiger partial charge in [0.1, 0.15) is 0 Å². The smallest absolute Gasteiger partial charge is 0.191 e. The van der Waals surface area contributed by atoms with E-state index in [2.05, 4.69) is 51.4 Å². The summed E-state index contributed by atoms with van der Waals surface area (Å²) in [5.41, 5.74) is 3.33. The number of ether oxygens (including phenoxy) is 2. The molecule has 0 saturated heterocycles. The Hall–Kier alpha value is -2.70. The molecule has 0 amide bonds. The van der Waals surface area contributed by atoms with Gasteiger partial charge in [-0.2, -0.15) is 5.10 Å². The Morgan fingerprint density at radius 1 is 1.26 bits per heavy atom. The molecule has 31 heavy (non-hydrogen) atoms. The van der Waals surface area contributed by atoms with Gasteiger partial charge in [0.15, 0.2) is 17.5 Å². The van der Waals surface area contributed by atoms with Crippen molar-refractivity contribution in [2.45, 2.75) is 65.6 Å². The summed E-state index contributed by atoms with van der Waals surface area (Å²) in [6, 6.07) is 8.16. The summed E-state index contributed by atoms with van der Waals surface area (Å²) in [5, 5.41) is 11.4. The summed E-state index contributed by atoms with van der Waals surface area (Å²) >= 11 is 0. The lowest BCUT2D eigenvalue weighted by Gasteiger charge is -2.20. The highest BCUT2D eigenvalue weighted by molar-refractivity contribution is 5.79. The largest absolute Gasteiger partial charge is 0.493 e. The van der Waals surface area contributed by atoms with Gasteiger partial charge in [0.05, 0.1) is 18.9 Å². The highest BCUT2D eigenvalue weighted by Gasteiger charge is 2.20. The van der Waals surface area contributed by atoms with Crippen molar-refractivity contribution in [2.75, 3.05) is 20.7 Å². The Morgan fingerprint density at radius 2 is 2.03 bits per heavy atom. The van der Waals surface area contributed by atoms with Crippen molar-refractivity contribution in [3.8, 4) is 11.5 Å². The van der Waals surface area contributed by atoms with E-state index in [-0.39, 0.29) is 6.10 Å². The molecule has 7 nitrogen and oxygen atoms in total. The average Bonchev–Trinajstić information content (AvgIpc) is 3.38. The lowest BCUT2D eigenvalue weighted by atomic mass is 10.1. The predicted octanol–water partition coefficient (Wildman–Crippen LogP) is 3.83. The topological polar surface area (TPSA) is 72.7 Å². The Labute approximate surface area is 186 Å². The van der Waals surface area contributed by atoms with Gasteiger partial charge in [-0.25, -0.2) is 0 Å². The second-order valence-electron chi connectivity index (χ2n) is 8.49. The van der Waals surface area contributed by atoms with Crippen molar-refractivity contribution in [1.29, 1.82) is 0 Å². The summed E-state index contributed by atoms with van der Waals surface area (Å²) in [5.74, 6) is 2.81. The molecule has 2 aromatic rings. The van der Waals surface area contributed by atoms with Crippen LogP contribution < -0.4 is 20.1 Å². The van der Waals surface area contributed by atoms with Crippen molar-refractivity contribution < 1.29 is 9.47 Å². The fourth-order valence-electron chi connectivity index (χ4n) is 4.06. The maximum atomic E-state index is 6.34. The van der Waals surface area contributed by atoms with Crippen LogP contribution in [0.2, 0.25) is 0 Å². The fraction of sp³-hybridized carbons (Fsp3) is 0.583. The molecule has 7 heteroatoms. The first kappa shape index (κ1) is 23.0. The first-order valence-electron chi connectivity index (χ1n) is 11.3. The number of nitrogens with zero attached hydrogens (tertiary/aromatic N) is 3. The molecule has 1 unspecified atom stereocenters. The van der Waals surface area contributed by atoms with Crippen LogP contribution in [0.5, 0.6) is 11.5 Å². The normalized spacial score (nSPS) is 15.7. The zero-order chi connectivity index (χ0) is 22.2. The molecule has 1 fully saturated rings. The van der Waals surface area contributed by atoms with Gasteiger partial charge in [0.25, 0.3) is 0 Å². The third-order valence-electron chi connectivity index (χ3n) is 5.74. The highest BCUT2D eigenvalue weighted by Crippen LogP contribution is 2.34. The van der Waals surface area contributed by atoms with Crippen molar-refractivity contribution in [3.63, 3.8) is 0 Å². The van der Waals surface area contributed by atoms with E-state index in [1.165, 1.54) is 18.5 Å². The maximum Gasteiger partial charge on any atom is 0.191 e. The molecular formula is C24H37N5O2. The minimum atomic E-state index is 0.280. The van der Waals surface area contributed by atoms with Crippen LogP contribution in [0.25, 0.3) is 0 Å². The average molecular weight is 428 g/mol. The molecular weight excluding hydrogens is 390 g/mol. The molecule has 1 atom stereocenters. The second kappa shape index (κ2) is 11.1. The van der Waals surface area contributed by atoms with Crippen LogP contribution in [-0.4, -0.2) is 42.5 Å². The Balaban J connectivity index is 1.55. The van der Waals surface area contributed by atoms with Crippen LogP contribution in [0.15, 0.2) is 29.3 Å². The minimum Gasteiger partial charge on any atom is -0.493 e. The van der Waals surface area contributed by atoms with Gasteiger partial charge in [-0.05, 0) is 57.6 Å². The molecule has 0 spiro atoms. The van der Waals surface area contributed by atoms with Crippen LogP contribution >= 0.6 is 0 Å². The Kier molecular flexibility index (Phi) is 8.20. The van der Waals surface area contributed by atoms with Crippen LogP contribution in [0, 0.1) is 19.8 Å². The molecule has 170 valence electrons. The lowest BCUT2D eigenvalue weighted by molar-refractivity contribution is 0.198.